The predicted octanol–water partition coefficient (Wildman–Crippen LogP) is 4.03. The van der Waals surface area contributed by atoms with Crippen LogP contribution in [0.5, 0.6) is 0 Å². The van der Waals surface area contributed by atoms with Crippen LogP contribution in [0.2, 0.25) is 0 Å². The Morgan fingerprint density at radius 1 is 1.11 bits per heavy atom. The van der Waals surface area contributed by atoms with Crippen molar-refractivity contribution in [2.24, 2.45) is 0 Å². The number of halogens is 1. The first kappa shape index (κ1) is 13.8. The van der Waals surface area contributed by atoms with Crippen molar-refractivity contribution in [1.29, 1.82) is 0 Å². The number of rotatable bonds is 5. The van der Waals surface area contributed by atoms with E-state index < -0.39 is 0 Å². The fourth-order valence-corrected chi connectivity index (χ4v) is 2.40. The summed E-state index contributed by atoms with van der Waals surface area (Å²) in [6.45, 7) is 1.93. The molecule has 1 unspecified atom stereocenters. The summed E-state index contributed by atoms with van der Waals surface area (Å²) < 4.78 is 13.5. The quantitative estimate of drug-likeness (QED) is 0.852. The molecule has 2 heteroatoms. The topological polar surface area (TPSA) is 12.0 Å². The second-order valence-corrected chi connectivity index (χ2v) is 4.93. The van der Waals surface area contributed by atoms with Crippen LogP contribution in [0.25, 0.3) is 0 Å². The summed E-state index contributed by atoms with van der Waals surface area (Å²) in [6.07, 6.45) is 1.95. The van der Waals surface area contributed by atoms with Gasteiger partial charge in [0.1, 0.15) is 5.82 Å². The zero-order valence-electron chi connectivity index (χ0n) is 11.5. The van der Waals surface area contributed by atoms with E-state index in [2.05, 4.69) is 35.6 Å². The molecule has 2 aromatic rings. The molecule has 0 saturated carbocycles. The Hall–Kier alpha value is -1.67. The molecule has 0 aliphatic rings. The van der Waals surface area contributed by atoms with E-state index in [0.717, 1.165) is 24.0 Å². The third kappa shape index (κ3) is 3.90. The molecule has 0 aromatic heterocycles. The second-order valence-electron chi connectivity index (χ2n) is 4.93. The zero-order chi connectivity index (χ0) is 13.7. The van der Waals surface area contributed by atoms with Crippen LogP contribution in [0.3, 0.4) is 0 Å². The normalized spacial score (nSPS) is 12.4. The molecule has 0 saturated heterocycles. The van der Waals surface area contributed by atoms with Crippen LogP contribution in [-0.2, 0) is 6.42 Å². The summed E-state index contributed by atoms with van der Waals surface area (Å²) in [5, 5.41) is 3.28. The van der Waals surface area contributed by atoms with Crippen LogP contribution >= 0.6 is 0 Å². The largest absolute Gasteiger partial charge is 0.313 e. The Bertz CT molecular complexity index is 502. The van der Waals surface area contributed by atoms with Gasteiger partial charge in [-0.25, -0.2) is 4.39 Å². The Kier molecular flexibility index (Phi) is 4.69. The van der Waals surface area contributed by atoms with E-state index in [1.165, 1.54) is 5.56 Å². The number of nitrogens with one attached hydrogen (secondary N) is 1. The van der Waals surface area contributed by atoms with Gasteiger partial charge in [0.15, 0.2) is 0 Å². The number of aryl methyl sites for hydroxylation is 2. The molecule has 0 amide bonds. The van der Waals surface area contributed by atoms with E-state index in [1.807, 2.05) is 20.0 Å². The Balaban J connectivity index is 2.07. The molecule has 0 spiro atoms. The van der Waals surface area contributed by atoms with Crippen LogP contribution in [0, 0.1) is 12.7 Å². The molecule has 0 aliphatic carbocycles. The van der Waals surface area contributed by atoms with Gasteiger partial charge < -0.3 is 5.32 Å². The highest BCUT2D eigenvalue weighted by Crippen LogP contribution is 2.21. The monoisotopic (exact) mass is 257 g/mol. The lowest BCUT2D eigenvalue weighted by Gasteiger charge is -2.17. The van der Waals surface area contributed by atoms with Crippen LogP contribution < -0.4 is 5.32 Å². The molecule has 19 heavy (non-hydrogen) atoms. The summed E-state index contributed by atoms with van der Waals surface area (Å²) in [5.74, 6) is -0.157. The highest BCUT2D eigenvalue weighted by atomic mass is 19.1. The van der Waals surface area contributed by atoms with Crippen molar-refractivity contribution in [3.63, 3.8) is 0 Å². The minimum Gasteiger partial charge on any atom is -0.313 e. The maximum Gasteiger partial charge on any atom is 0.123 e. The molecule has 0 radical (unpaired) electrons. The molecule has 2 aromatic carbocycles. The molecule has 0 heterocycles. The van der Waals surface area contributed by atoms with Gasteiger partial charge in [0.25, 0.3) is 0 Å². The Labute approximate surface area is 114 Å². The fourth-order valence-electron chi connectivity index (χ4n) is 2.40. The molecule has 1 nitrogen and oxygen atoms in total. The van der Waals surface area contributed by atoms with Crippen LogP contribution in [0.1, 0.15) is 29.2 Å². The molecule has 0 bridgehead atoms. The lowest BCUT2D eigenvalue weighted by atomic mass is 9.98. The van der Waals surface area contributed by atoms with Crippen molar-refractivity contribution in [2.75, 3.05) is 7.05 Å². The zero-order valence-corrected chi connectivity index (χ0v) is 11.5. The number of benzene rings is 2. The number of hydrogen-bond acceptors (Lipinski definition) is 1. The van der Waals surface area contributed by atoms with Crippen molar-refractivity contribution in [1.82, 2.24) is 5.32 Å². The molecule has 100 valence electrons. The summed E-state index contributed by atoms with van der Waals surface area (Å²) >= 11 is 0. The second kappa shape index (κ2) is 6.48. The third-order valence-electron chi connectivity index (χ3n) is 3.38. The van der Waals surface area contributed by atoms with Gasteiger partial charge in [-0.05, 0) is 55.6 Å². The predicted molar refractivity (Wildman–Crippen MR) is 77.7 cm³/mol. The highest BCUT2D eigenvalue weighted by Gasteiger charge is 2.10. The average Bonchev–Trinajstić information content (AvgIpc) is 2.39. The lowest BCUT2D eigenvalue weighted by Crippen LogP contribution is -2.17. The Morgan fingerprint density at radius 3 is 2.47 bits per heavy atom. The summed E-state index contributed by atoms with van der Waals surface area (Å²) in [5.41, 5.74) is 3.31. The van der Waals surface area contributed by atoms with Crippen molar-refractivity contribution >= 4 is 0 Å². The highest BCUT2D eigenvalue weighted by molar-refractivity contribution is 5.26. The van der Waals surface area contributed by atoms with Crippen LogP contribution in [0.4, 0.5) is 4.39 Å². The summed E-state index contributed by atoms with van der Waals surface area (Å²) in [6, 6.07) is 15.8. The first-order valence-electron chi connectivity index (χ1n) is 6.67. The first-order valence-corrected chi connectivity index (χ1v) is 6.67. The molecule has 1 atom stereocenters. The van der Waals surface area contributed by atoms with Crippen molar-refractivity contribution in [3.8, 4) is 0 Å². The first-order chi connectivity index (χ1) is 9.19. The van der Waals surface area contributed by atoms with Crippen molar-refractivity contribution in [2.45, 2.75) is 25.8 Å². The van der Waals surface area contributed by atoms with Gasteiger partial charge in [-0.1, -0.05) is 36.4 Å². The average molecular weight is 257 g/mol. The van der Waals surface area contributed by atoms with E-state index in [4.69, 9.17) is 0 Å². The third-order valence-corrected chi connectivity index (χ3v) is 3.38. The van der Waals surface area contributed by atoms with E-state index in [0.29, 0.717) is 0 Å². The molecule has 1 N–H and O–H groups in total. The minimum atomic E-state index is -0.157. The smallest absolute Gasteiger partial charge is 0.123 e. The van der Waals surface area contributed by atoms with Gasteiger partial charge in [0.05, 0.1) is 0 Å². The fraction of sp³-hybridized carbons (Fsp3) is 0.294. The van der Waals surface area contributed by atoms with Gasteiger partial charge in [0.2, 0.25) is 0 Å². The molecule has 2 rings (SSSR count). The number of hydrogen-bond donors (Lipinski definition) is 1. The van der Waals surface area contributed by atoms with Gasteiger partial charge in [0, 0.05) is 6.04 Å². The van der Waals surface area contributed by atoms with Gasteiger partial charge >= 0.3 is 0 Å². The summed E-state index contributed by atoms with van der Waals surface area (Å²) in [4.78, 5) is 0. The van der Waals surface area contributed by atoms with Crippen molar-refractivity contribution in [3.05, 3.63) is 71.0 Å². The van der Waals surface area contributed by atoms with Gasteiger partial charge in [-0.3, -0.25) is 0 Å². The van der Waals surface area contributed by atoms with Crippen LogP contribution in [0.15, 0.2) is 48.5 Å². The van der Waals surface area contributed by atoms with E-state index >= 15 is 0 Å². The maximum absolute atomic E-state index is 13.5. The molecular weight excluding hydrogens is 237 g/mol. The van der Waals surface area contributed by atoms with Crippen LogP contribution in [-0.4, -0.2) is 7.05 Å². The summed E-state index contributed by atoms with van der Waals surface area (Å²) in [7, 11) is 1.93. The Morgan fingerprint density at radius 2 is 1.84 bits per heavy atom. The lowest BCUT2D eigenvalue weighted by molar-refractivity contribution is 0.541. The molecule has 0 aliphatic heterocycles. The SMILES string of the molecule is CNC(CCc1ccccc1)c1cc(C)cc(F)c1. The molecular formula is C17H20FN. The van der Waals surface area contributed by atoms with E-state index in [-0.39, 0.29) is 11.9 Å². The standard InChI is InChI=1S/C17H20FN/c1-13-10-15(12-16(18)11-13)17(19-2)9-8-14-6-4-3-5-7-14/h3-7,10-12,17,19H,8-9H2,1-2H3. The minimum absolute atomic E-state index is 0.157. The maximum atomic E-state index is 13.5. The molecule has 0 fully saturated rings. The van der Waals surface area contributed by atoms with E-state index in [9.17, 15) is 4.39 Å². The van der Waals surface area contributed by atoms with Gasteiger partial charge in [-0.15, -0.1) is 0 Å². The van der Waals surface area contributed by atoms with Crippen molar-refractivity contribution < 1.29 is 4.39 Å². The van der Waals surface area contributed by atoms with E-state index in [1.54, 1.807) is 12.1 Å². The van der Waals surface area contributed by atoms with Gasteiger partial charge in [-0.2, -0.15) is 0 Å².